The van der Waals surface area contributed by atoms with Crippen molar-refractivity contribution < 1.29 is 4.79 Å². The van der Waals surface area contributed by atoms with Crippen LogP contribution in [-0.4, -0.2) is 21.0 Å². The van der Waals surface area contributed by atoms with Gasteiger partial charge in [0.15, 0.2) is 10.9 Å². The van der Waals surface area contributed by atoms with E-state index in [1.54, 1.807) is 12.4 Å². The van der Waals surface area contributed by atoms with Crippen LogP contribution in [0.15, 0.2) is 41.8 Å². The largest absolute Gasteiger partial charge is 0.293 e. The van der Waals surface area contributed by atoms with Crippen molar-refractivity contribution in [1.29, 1.82) is 0 Å². The highest BCUT2D eigenvalue weighted by molar-refractivity contribution is 8.00. The zero-order chi connectivity index (χ0) is 14.5. The van der Waals surface area contributed by atoms with Crippen molar-refractivity contribution in [3.8, 4) is 0 Å². The zero-order valence-electron chi connectivity index (χ0n) is 12.0. The Labute approximate surface area is 123 Å². The Bertz CT molecular complexity index is 578. The first-order valence-corrected chi connectivity index (χ1v) is 7.56. The van der Waals surface area contributed by atoms with E-state index in [2.05, 4.69) is 16.9 Å². The number of thioether (sulfide) groups is 1. The van der Waals surface area contributed by atoms with Gasteiger partial charge in [-0.05, 0) is 31.4 Å². The molecule has 20 heavy (non-hydrogen) atoms. The molecule has 0 bridgehead atoms. The first-order chi connectivity index (χ1) is 9.60. The number of Topliss-reactive ketones (excluding diaryl/α,β-unsaturated/α-hetero) is 1. The SMILES string of the molecule is CCc1ccc(C(=O)C(C)Sc2ncc(C)cn2)cc1. The molecule has 0 radical (unpaired) electrons. The third kappa shape index (κ3) is 3.67. The summed E-state index contributed by atoms with van der Waals surface area (Å²) in [6.45, 7) is 5.94. The first-order valence-electron chi connectivity index (χ1n) is 6.68. The molecule has 0 amide bonds. The third-order valence-corrected chi connectivity index (χ3v) is 4.04. The lowest BCUT2D eigenvalue weighted by molar-refractivity contribution is 0.0994. The molecule has 0 N–H and O–H groups in total. The molecule has 0 aliphatic heterocycles. The van der Waals surface area contributed by atoms with Crippen LogP contribution in [0.5, 0.6) is 0 Å². The number of carbonyl (C=O) groups excluding carboxylic acids is 1. The minimum atomic E-state index is -0.190. The van der Waals surface area contributed by atoms with Gasteiger partial charge in [0, 0.05) is 18.0 Å². The van der Waals surface area contributed by atoms with Gasteiger partial charge in [-0.1, -0.05) is 43.0 Å². The standard InChI is InChI=1S/C16H18N2OS/c1-4-13-5-7-14(8-6-13)15(19)12(3)20-16-17-9-11(2)10-18-16/h5-10,12H,4H2,1-3H3. The van der Waals surface area contributed by atoms with Gasteiger partial charge < -0.3 is 0 Å². The van der Waals surface area contributed by atoms with Crippen molar-refractivity contribution in [3.05, 3.63) is 53.3 Å². The van der Waals surface area contributed by atoms with Crippen LogP contribution in [0.2, 0.25) is 0 Å². The van der Waals surface area contributed by atoms with E-state index in [0.717, 1.165) is 17.5 Å². The van der Waals surface area contributed by atoms with Gasteiger partial charge in [-0.3, -0.25) is 4.79 Å². The van der Waals surface area contributed by atoms with Crippen LogP contribution in [0.1, 0.15) is 35.3 Å². The Morgan fingerprint density at radius 1 is 1.20 bits per heavy atom. The molecule has 1 aromatic heterocycles. The molecule has 1 unspecified atom stereocenters. The van der Waals surface area contributed by atoms with Gasteiger partial charge in [-0.15, -0.1) is 0 Å². The summed E-state index contributed by atoms with van der Waals surface area (Å²) in [6.07, 6.45) is 4.52. The number of rotatable bonds is 5. The number of benzene rings is 1. The topological polar surface area (TPSA) is 42.9 Å². The lowest BCUT2D eigenvalue weighted by Crippen LogP contribution is -2.14. The first kappa shape index (κ1) is 14.7. The number of carbonyl (C=O) groups is 1. The molecule has 4 heteroatoms. The molecule has 2 aromatic rings. The van der Waals surface area contributed by atoms with E-state index in [1.165, 1.54) is 17.3 Å². The monoisotopic (exact) mass is 286 g/mol. The van der Waals surface area contributed by atoms with Crippen LogP contribution in [0.3, 0.4) is 0 Å². The van der Waals surface area contributed by atoms with E-state index in [0.29, 0.717) is 5.16 Å². The summed E-state index contributed by atoms with van der Waals surface area (Å²) in [4.78, 5) is 20.8. The Balaban J connectivity index is 2.05. The molecule has 3 nitrogen and oxygen atoms in total. The zero-order valence-corrected chi connectivity index (χ0v) is 12.8. The second-order valence-electron chi connectivity index (χ2n) is 4.72. The summed E-state index contributed by atoms with van der Waals surface area (Å²) in [5.74, 6) is 0.113. The summed E-state index contributed by atoms with van der Waals surface area (Å²) in [6, 6.07) is 7.81. The average Bonchev–Trinajstić information content (AvgIpc) is 2.49. The highest BCUT2D eigenvalue weighted by Gasteiger charge is 2.17. The quantitative estimate of drug-likeness (QED) is 0.477. The lowest BCUT2D eigenvalue weighted by atomic mass is 10.1. The van der Waals surface area contributed by atoms with E-state index in [4.69, 9.17) is 0 Å². The van der Waals surface area contributed by atoms with Crippen LogP contribution < -0.4 is 0 Å². The van der Waals surface area contributed by atoms with Crippen molar-refractivity contribution in [2.24, 2.45) is 0 Å². The maximum Gasteiger partial charge on any atom is 0.188 e. The molecular formula is C16H18N2OS. The molecule has 0 aliphatic carbocycles. The Hall–Kier alpha value is -1.68. The molecule has 0 spiro atoms. The summed E-state index contributed by atoms with van der Waals surface area (Å²) in [7, 11) is 0. The smallest absolute Gasteiger partial charge is 0.188 e. The van der Waals surface area contributed by atoms with Crippen molar-refractivity contribution in [1.82, 2.24) is 9.97 Å². The highest BCUT2D eigenvalue weighted by atomic mass is 32.2. The van der Waals surface area contributed by atoms with Crippen LogP contribution in [0.25, 0.3) is 0 Å². The van der Waals surface area contributed by atoms with Crippen LogP contribution >= 0.6 is 11.8 Å². The number of hydrogen-bond donors (Lipinski definition) is 0. The van der Waals surface area contributed by atoms with Crippen molar-refractivity contribution in [2.75, 3.05) is 0 Å². The third-order valence-electron chi connectivity index (χ3n) is 3.06. The summed E-state index contributed by atoms with van der Waals surface area (Å²) < 4.78 is 0. The van der Waals surface area contributed by atoms with Gasteiger partial charge in [-0.2, -0.15) is 0 Å². The maximum absolute atomic E-state index is 12.3. The molecule has 1 heterocycles. The molecule has 1 aromatic carbocycles. The average molecular weight is 286 g/mol. The second kappa shape index (κ2) is 6.66. The predicted octanol–water partition coefficient (Wildman–Crippen LogP) is 3.71. The molecule has 1 atom stereocenters. The minimum Gasteiger partial charge on any atom is -0.293 e. The fourth-order valence-corrected chi connectivity index (χ4v) is 2.58. The van der Waals surface area contributed by atoms with Crippen LogP contribution in [-0.2, 0) is 6.42 Å². The number of nitrogens with zero attached hydrogens (tertiary/aromatic N) is 2. The summed E-state index contributed by atoms with van der Waals surface area (Å²) in [5.41, 5.74) is 3.00. The van der Waals surface area contributed by atoms with Gasteiger partial charge in [0.25, 0.3) is 0 Å². The Kier molecular flexibility index (Phi) is 4.90. The van der Waals surface area contributed by atoms with E-state index in [-0.39, 0.29) is 11.0 Å². The van der Waals surface area contributed by atoms with E-state index >= 15 is 0 Å². The lowest BCUT2D eigenvalue weighted by Gasteiger charge is -2.09. The molecule has 0 saturated heterocycles. The predicted molar refractivity (Wildman–Crippen MR) is 82.2 cm³/mol. The van der Waals surface area contributed by atoms with Crippen LogP contribution in [0, 0.1) is 6.92 Å². The van der Waals surface area contributed by atoms with E-state index in [9.17, 15) is 4.79 Å². The number of aromatic nitrogens is 2. The normalized spacial score (nSPS) is 12.2. The number of hydrogen-bond acceptors (Lipinski definition) is 4. The minimum absolute atomic E-state index is 0.113. The molecular weight excluding hydrogens is 268 g/mol. The fraction of sp³-hybridized carbons (Fsp3) is 0.312. The van der Waals surface area contributed by atoms with Crippen molar-refractivity contribution in [2.45, 2.75) is 37.6 Å². The molecule has 0 aliphatic rings. The Morgan fingerprint density at radius 2 is 1.80 bits per heavy atom. The number of ketones is 1. The van der Waals surface area contributed by atoms with E-state index < -0.39 is 0 Å². The fourth-order valence-electron chi connectivity index (χ4n) is 1.79. The highest BCUT2D eigenvalue weighted by Crippen LogP contribution is 2.22. The van der Waals surface area contributed by atoms with Gasteiger partial charge in [0.05, 0.1) is 5.25 Å². The molecule has 0 saturated carbocycles. The van der Waals surface area contributed by atoms with Crippen molar-refractivity contribution >= 4 is 17.5 Å². The maximum atomic E-state index is 12.3. The molecule has 2 rings (SSSR count). The number of aryl methyl sites for hydroxylation is 2. The van der Waals surface area contributed by atoms with Crippen LogP contribution in [0.4, 0.5) is 0 Å². The van der Waals surface area contributed by atoms with Gasteiger partial charge >= 0.3 is 0 Å². The van der Waals surface area contributed by atoms with E-state index in [1.807, 2.05) is 38.1 Å². The molecule has 104 valence electrons. The summed E-state index contributed by atoms with van der Waals surface area (Å²) >= 11 is 1.39. The van der Waals surface area contributed by atoms with Gasteiger partial charge in [-0.25, -0.2) is 9.97 Å². The summed E-state index contributed by atoms with van der Waals surface area (Å²) in [5, 5.41) is 0.451. The molecule has 0 fully saturated rings. The Morgan fingerprint density at radius 3 is 2.35 bits per heavy atom. The second-order valence-corrected chi connectivity index (χ2v) is 6.03. The van der Waals surface area contributed by atoms with Crippen molar-refractivity contribution in [3.63, 3.8) is 0 Å². The van der Waals surface area contributed by atoms with Gasteiger partial charge in [0.2, 0.25) is 0 Å². The van der Waals surface area contributed by atoms with Gasteiger partial charge in [0.1, 0.15) is 0 Å².